The number of anilines is 1. The minimum absolute atomic E-state index is 0.0670. The summed E-state index contributed by atoms with van der Waals surface area (Å²) in [4.78, 5) is 14.2. The van der Waals surface area contributed by atoms with Gasteiger partial charge in [-0.1, -0.05) is 35.8 Å². The first-order valence-electron chi connectivity index (χ1n) is 7.65. The van der Waals surface area contributed by atoms with Crippen LogP contribution >= 0.6 is 15.9 Å². The Bertz CT molecular complexity index is 506. The average Bonchev–Trinajstić information content (AvgIpc) is 2.47. The van der Waals surface area contributed by atoms with Gasteiger partial charge in [0, 0.05) is 29.3 Å². The zero-order valence-electron chi connectivity index (χ0n) is 12.9. The van der Waals surface area contributed by atoms with Crippen molar-refractivity contribution < 1.29 is 4.79 Å². The molecular formula is C16H24BrN3O. The van der Waals surface area contributed by atoms with E-state index in [1.807, 2.05) is 0 Å². The third-order valence-corrected chi connectivity index (χ3v) is 4.70. The molecule has 21 heavy (non-hydrogen) atoms. The Morgan fingerprint density at radius 1 is 1.48 bits per heavy atom. The Balaban J connectivity index is 2.24. The lowest BCUT2D eigenvalue weighted by molar-refractivity contribution is -0.123. The standard InChI is InChI=1S/C16H24BrN3O/c1-4-15-16(21)19-8-9-20(15)12-6-7-13(14(17)10-12)11(3)18-5-2/h6-7,10-11,15,18H,4-5,8-9H2,1-3H3,(H,19,21). The summed E-state index contributed by atoms with van der Waals surface area (Å²) >= 11 is 3.67. The van der Waals surface area contributed by atoms with Crippen LogP contribution in [0.1, 0.15) is 38.8 Å². The summed E-state index contributed by atoms with van der Waals surface area (Å²) in [7, 11) is 0. The first kappa shape index (κ1) is 16.3. The number of amides is 1. The fourth-order valence-electron chi connectivity index (χ4n) is 2.89. The molecule has 1 heterocycles. The van der Waals surface area contributed by atoms with Gasteiger partial charge in [-0.15, -0.1) is 0 Å². The highest BCUT2D eigenvalue weighted by atomic mass is 79.9. The van der Waals surface area contributed by atoms with Crippen LogP contribution in [0.5, 0.6) is 0 Å². The summed E-state index contributed by atoms with van der Waals surface area (Å²) in [6, 6.07) is 6.64. The molecule has 1 aliphatic heterocycles. The number of hydrogen-bond donors (Lipinski definition) is 2. The lowest BCUT2D eigenvalue weighted by atomic mass is 10.0. The monoisotopic (exact) mass is 353 g/mol. The number of benzene rings is 1. The number of carbonyl (C=O) groups excluding carboxylic acids is 1. The molecule has 1 amide bonds. The number of nitrogens with zero attached hydrogens (tertiary/aromatic N) is 1. The van der Waals surface area contributed by atoms with Crippen LogP contribution in [-0.2, 0) is 4.79 Å². The van der Waals surface area contributed by atoms with Crippen LogP contribution in [0.3, 0.4) is 0 Å². The van der Waals surface area contributed by atoms with E-state index in [2.05, 4.69) is 70.4 Å². The van der Waals surface area contributed by atoms with Crippen LogP contribution in [0.2, 0.25) is 0 Å². The molecule has 116 valence electrons. The summed E-state index contributed by atoms with van der Waals surface area (Å²) < 4.78 is 1.09. The maximum atomic E-state index is 12.0. The van der Waals surface area contributed by atoms with Crippen molar-refractivity contribution in [3.63, 3.8) is 0 Å². The van der Waals surface area contributed by atoms with E-state index in [0.717, 1.165) is 29.7 Å². The Labute approximate surface area is 135 Å². The predicted molar refractivity (Wildman–Crippen MR) is 90.7 cm³/mol. The Morgan fingerprint density at radius 2 is 2.24 bits per heavy atom. The van der Waals surface area contributed by atoms with Gasteiger partial charge >= 0.3 is 0 Å². The minimum Gasteiger partial charge on any atom is -0.358 e. The van der Waals surface area contributed by atoms with Crippen LogP contribution < -0.4 is 15.5 Å². The first-order valence-corrected chi connectivity index (χ1v) is 8.45. The first-order chi connectivity index (χ1) is 10.1. The second-order valence-corrected chi connectivity index (χ2v) is 6.25. The second kappa shape index (κ2) is 7.27. The van der Waals surface area contributed by atoms with Gasteiger partial charge in [0.05, 0.1) is 0 Å². The fourth-order valence-corrected chi connectivity index (χ4v) is 3.60. The molecule has 1 aliphatic rings. The molecule has 5 heteroatoms. The van der Waals surface area contributed by atoms with Gasteiger partial charge in [0.1, 0.15) is 6.04 Å². The Hall–Kier alpha value is -1.07. The van der Waals surface area contributed by atoms with E-state index < -0.39 is 0 Å². The Morgan fingerprint density at radius 3 is 2.86 bits per heavy atom. The minimum atomic E-state index is -0.0670. The number of carbonyl (C=O) groups is 1. The molecule has 2 rings (SSSR count). The molecule has 1 saturated heterocycles. The van der Waals surface area contributed by atoms with Gasteiger partial charge in [0.15, 0.2) is 0 Å². The van der Waals surface area contributed by atoms with Crippen LogP contribution in [0.25, 0.3) is 0 Å². The van der Waals surface area contributed by atoms with Crippen molar-refractivity contribution in [1.82, 2.24) is 10.6 Å². The average molecular weight is 354 g/mol. The highest BCUT2D eigenvalue weighted by Crippen LogP contribution is 2.30. The maximum absolute atomic E-state index is 12.0. The fraction of sp³-hybridized carbons (Fsp3) is 0.562. The molecule has 0 saturated carbocycles. The molecule has 1 fully saturated rings. The van der Waals surface area contributed by atoms with E-state index in [4.69, 9.17) is 0 Å². The van der Waals surface area contributed by atoms with Crippen molar-refractivity contribution in [2.75, 3.05) is 24.5 Å². The van der Waals surface area contributed by atoms with Crippen molar-refractivity contribution >= 4 is 27.5 Å². The van der Waals surface area contributed by atoms with Gasteiger partial charge in [0.25, 0.3) is 0 Å². The summed E-state index contributed by atoms with van der Waals surface area (Å²) in [6.45, 7) is 8.84. The second-order valence-electron chi connectivity index (χ2n) is 5.39. The van der Waals surface area contributed by atoms with Crippen molar-refractivity contribution in [3.05, 3.63) is 28.2 Å². The highest BCUT2D eigenvalue weighted by molar-refractivity contribution is 9.10. The summed E-state index contributed by atoms with van der Waals surface area (Å²) in [5, 5.41) is 6.36. The molecule has 4 nitrogen and oxygen atoms in total. The quantitative estimate of drug-likeness (QED) is 0.855. The molecule has 0 aliphatic carbocycles. The van der Waals surface area contributed by atoms with E-state index in [9.17, 15) is 4.79 Å². The number of rotatable bonds is 5. The number of hydrogen-bond acceptors (Lipinski definition) is 3. The van der Waals surface area contributed by atoms with Gasteiger partial charge in [-0.25, -0.2) is 0 Å². The molecule has 2 N–H and O–H groups in total. The van der Waals surface area contributed by atoms with Gasteiger partial charge < -0.3 is 15.5 Å². The molecule has 2 atom stereocenters. The zero-order valence-corrected chi connectivity index (χ0v) is 14.5. The van der Waals surface area contributed by atoms with Crippen molar-refractivity contribution in [2.45, 2.75) is 39.3 Å². The van der Waals surface area contributed by atoms with E-state index >= 15 is 0 Å². The van der Waals surface area contributed by atoms with Gasteiger partial charge in [-0.05, 0) is 37.6 Å². The SMILES string of the molecule is CCNC(C)c1ccc(N2CCNC(=O)C2CC)cc1Br. The molecule has 0 aromatic heterocycles. The molecule has 0 bridgehead atoms. The summed E-state index contributed by atoms with van der Waals surface area (Å²) in [5.41, 5.74) is 2.35. The van der Waals surface area contributed by atoms with Gasteiger partial charge in [-0.3, -0.25) is 4.79 Å². The predicted octanol–water partition coefficient (Wildman–Crippen LogP) is 2.83. The van der Waals surface area contributed by atoms with E-state index in [-0.39, 0.29) is 11.9 Å². The topological polar surface area (TPSA) is 44.4 Å². The number of nitrogens with one attached hydrogen (secondary N) is 2. The number of piperazine rings is 1. The zero-order chi connectivity index (χ0) is 15.4. The lowest BCUT2D eigenvalue weighted by Gasteiger charge is -2.36. The van der Waals surface area contributed by atoms with Crippen molar-refractivity contribution in [1.29, 1.82) is 0 Å². The largest absolute Gasteiger partial charge is 0.358 e. The molecule has 1 aromatic rings. The normalized spacial score (nSPS) is 20.3. The third kappa shape index (κ3) is 3.58. The van der Waals surface area contributed by atoms with Gasteiger partial charge in [-0.2, -0.15) is 0 Å². The third-order valence-electron chi connectivity index (χ3n) is 4.01. The molecular weight excluding hydrogens is 330 g/mol. The van der Waals surface area contributed by atoms with Crippen LogP contribution in [-0.4, -0.2) is 31.6 Å². The van der Waals surface area contributed by atoms with E-state index in [1.165, 1.54) is 5.56 Å². The Kier molecular flexibility index (Phi) is 5.65. The van der Waals surface area contributed by atoms with E-state index in [0.29, 0.717) is 12.6 Å². The maximum Gasteiger partial charge on any atom is 0.242 e. The summed E-state index contributed by atoms with van der Waals surface area (Å²) in [6.07, 6.45) is 0.818. The smallest absolute Gasteiger partial charge is 0.242 e. The molecule has 1 aromatic carbocycles. The lowest BCUT2D eigenvalue weighted by Crippen LogP contribution is -2.55. The van der Waals surface area contributed by atoms with Crippen molar-refractivity contribution in [2.24, 2.45) is 0 Å². The van der Waals surface area contributed by atoms with Gasteiger partial charge in [0.2, 0.25) is 5.91 Å². The number of halogens is 1. The van der Waals surface area contributed by atoms with Crippen LogP contribution in [0.4, 0.5) is 5.69 Å². The van der Waals surface area contributed by atoms with Crippen LogP contribution in [0.15, 0.2) is 22.7 Å². The van der Waals surface area contributed by atoms with E-state index in [1.54, 1.807) is 0 Å². The molecule has 2 unspecified atom stereocenters. The highest BCUT2D eigenvalue weighted by Gasteiger charge is 2.28. The summed E-state index contributed by atoms with van der Waals surface area (Å²) in [5.74, 6) is 0.130. The molecule has 0 spiro atoms. The van der Waals surface area contributed by atoms with Crippen molar-refractivity contribution in [3.8, 4) is 0 Å². The van der Waals surface area contributed by atoms with Crippen LogP contribution in [0, 0.1) is 0 Å². The molecule has 0 radical (unpaired) electrons.